The van der Waals surface area contributed by atoms with Crippen molar-refractivity contribution in [3.63, 3.8) is 0 Å². The summed E-state index contributed by atoms with van der Waals surface area (Å²) in [7, 11) is -3.62. The molecular weight excluding hydrogens is 260 g/mol. The van der Waals surface area contributed by atoms with Crippen LogP contribution in [0.5, 0.6) is 0 Å². The number of nitrogens with one attached hydrogen (secondary N) is 1. The van der Waals surface area contributed by atoms with E-state index in [1.165, 1.54) is 18.3 Å². The second-order valence-corrected chi connectivity index (χ2v) is 5.60. The molecule has 0 saturated heterocycles. The van der Waals surface area contributed by atoms with Gasteiger partial charge in [-0.2, -0.15) is 0 Å². The van der Waals surface area contributed by atoms with Gasteiger partial charge in [-0.05, 0) is 25.1 Å². The molecule has 0 aliphatic heterocycles. The van der Waals surface area contributed by atoms with Crippen LogP contribution in [-0.2, 0) is 10.0 Å². The Bertz CT molecular complexity index is 732. The number of hydrogen-bond donors (Lipinski definition) is 1. The van der Waals surface area contributed by atoms with Crippen molar-refractivity contribution in [3.8, 4) is 12.3 Å². The van der Waals surface area contributed by atoms with E-state index >= 15 is 0 Å². The fourth-order valence-corrected chi connectivity index (χ4v) is 2.65. The molecule has 1 heterocycles. The molecule has 0 saturated carbocycles. The smallest absolute Gasteiger partial charge is 0.261 e. The van der Waals surface area contributed by atoms with Crippen LogP contribution in [0.4, 0.5) is 5.69 Å². The van der Waals surface area contributed by atoms with Crippen LogP contribution in [0.25, 0.3) is 0 Å². The Labute approximate surface area is 112 Å². The molecule has 1 N–H and O–H groups in total. The average Bonchev–Trinajstić information content (AvgIpc) is 2.42. The molecule has 2 aromatic rings. The van der Waals surface area contributed by atoms with Gasteiger partial charge in [0.1, 0.15) is 0 Å². The van der Waals surface area contributed by atoms with Crippen molar-refractivity contribution in [1.82, 2.24) is 4.98 Å². The van der Waals surface area contributed by atoms with E-state index in [1.807, 2.05) is 0 Å². The number of hydrogen-bond acceptors (Lipinski definition) is 3. The predicted molar refractivity (Wildman–Crippen MR) is 74.2 cm³/mol. The van der Waals surface area contributed by atoms with Gasteiger partial charge in [0.2, 0.25) is 0 Å². The number of rotatable bonds is 3. The van der Waals surface area contributed by atoms with Gasteiger partial charge >= 0.3 is 0 Å². The normalized spacial score (nSPS) is 10.7. The zero-order chi connectivity index (χ0) is 13.9. The van der Waals surface area contributed by atoms with Crippen LogP contribution in [-0.4, -0.2) is 13.4 Å². The minimum absolute atomic E-state index is 0.195. The summed E-state index contributed by atoms with van der Waals surface area (Å²) in [6.45, 7) is 1.71. The summed E-state index contributed by atoms with van der Waals surface area (Å²) < 4.78 is 26.8. The Morgan fingerprint density at radius 3 is 2.58 bits per heavy atom. The highest BCUT2D eigenvalue weighted by atomic mass is 32.2. The first-order valence-corrected chi connectivity index (χ1v) is 7.02. The molecule has 19 heavy (non-hydrogen) atoms. The standard InChI is InChI=1S/C14H12N2O2S/c1-3-12-9-14(11(2)15-10-12)16-19(17,18)13-7-5-4-6-8-13/h1,4-10,16H,2H3. The van der Waals surface area contributed by atoms with E-state index in [-0.39, 0.29) is 4.90 Å². The van der Waals surface area contributed by atoms with Crippen molar-refractivity contribution >= 4 is 15.7 Å². The van der Waals surface area contributed by atoms with E-state index in [4.69, 9.17) is 6.42 Å². The van der Waals surface area contributed by atoms with E-state index in [9.17, 15) is 8.42 Å². The van der Waals surface area contributed by atoms with Gasteiger partial charge in [0, 0.05) is 11.8 Å². The second kappa shape index (κ2) is 5.12. The Morgan fingerprint density at radius 2 is 1.95 bits per heavy atom. The zero-order valence-electron chi connectivity index (χ0n) is 10.3. The van der Waals surface area contributed by atoms with Gasteiger partial charge in [0.05, 0.1) is 16.3 Å². The minimum Gasteiger partial charge on any atom is -0.278 e. The monoisotopic (exact) mass is 272 g/mol. The van der Waals surface area contributed by atoms with Crippen molar-refractivity contribution in [2.75, 3.05) is 4.72 Å². The van der Waals surface area contributed by atoms with Gasteiger partial charge in [-0.3, -0.25) is 9.71 Å². The highest BCUT2D eigenvalue weighted by Crippen LogP contribution is 2.19. The van der Waals surface area contributed by atoms with Crippen molar-refractivity contribution in [2.24, 2.45) is 0 Å². The largest absolute Gasteiger partial charge is 0.278 e. The first-order valence-electron chi connectivity index (χ1n) is 5.54. The van der Waals surface area contributed by atoms with Crippen LogP contribution >= 0.6 is 0 Å². The Hall–Kier alpha value is -2.32. The number of terminal acetylenes is 1. The van der Waals surface area contributed by atoms with Crippen molar-refractivity contribution in [1.29, 1.82) is 0 Å². The quantitative estimate of drug-likeness (QED) is 0.871. The van der Waals surface area contributed by atoms with Crippen LogP contribution in [0.3, 0.4) is 0 Å². The molecule has 0 fully saturated rings. The van der Waals surface area contributed by atoms with E-state index in [0.29, 0.717) is 16.9 Å². The lowest BCUT2D eigenvalue weighted by atomic mass is 10.2. The molecule has 0 aliphatic carbocycles. The molecule has 0 radical (unpaired) electrons. The number of pyridine rings is 1. The summed E-state index contributed by atoms with van der Waals surface area (Å²) in [4.78, 5) is 4.25. The summed E-state index contributed by atoms with van der Waals surface area (Å²) in [6, 6.07) is 9.72. The van der Waals surface area contributed by atoms with Crippen LogP contribution in [0.15, 0.2) is 47.5 Å². The van der Waals surface area contributed by atoms with Gasteiger partial charge in [0.15, 0.2) is 0 Å². The Balaban J connectivity index is 2.39. The molecule has 0 unspecified atom stereocenters. The van der Waals surface area contributed by atoms with Crippen LogP contribution in [0.1, 0.15) is 11.3 Å². The van der Waals surface area contributed by atoms with Gasteiger partial charge < -0.3 is 0 Å². The molecular formula is C14H12N2O2S. The molecule has 1 aromatic heterocycles. The lowest BCUT2D eigenvalue weighted by Gasteiger charge is -2.10. The average molecular weight is 272 g/mol. The lowest BCUT2D eigenvalue weighted by molar-refractivity contribution is 0.601. The maximum Gasteiger partial charge on any atom is 0.261 e. The molecule has 0 atom stereocenters. The van der Waals surface area contributed by atoms with Crippen LogP contribution in [0, 0.1) is 19.3 Å². The third kappa shape index (κ3) is 2.92. The van der Waals surface area contributed by atoms with E-state index < -0.39 is 10.0 Å². The highest BCUT2D eigenvalue weighted by Gasteiger charge is 2.15. The van der Waals surface area contributed by atoms with Crippen molar-refractivity contribution < 1.29 is 8.42 Å². The number of anilines is 1. The molecule has 1 aromatic carbocycles. The molecule has 2 rings (SSSR count). The Kier molecular flexibility index (Phi) is 3.54. The summed E-state index contributed by atoms with van der Waals surface area (Å²) in [5.41, 5.74) is 1.48. The topological polar surface area (TPSA) is 59.1 Å². The molecule has 0 spiro atoms. The molecule has 0 amide bonds. The van der Waals surface area contributed by atoms with Gasteiger partial charge in [0.25, 0.3) is 10.0 Å². The molecule has 5 heteroatoms. The third-order valence-electron chi connectivity index (χ3n) is 2.55. The number of nitrogens with zero attached hydrogens (tertiary/aromatic N) is 1. The van der Waals surface area contributed by atoms with Crippen molar-refractivity contribution in [2.45, 2.75) is 11.8 Å². The number of sulfonamides is 1. The summed E-state index contributed by atoms with van der Waals surface area (Å²) in [6.07, 6.45) is 6.80. The fourth-order valence-electron chi connectivity index (χ4n) is 1.52. The maximum absolute atomic E-state index is 12.2. The number of benzene rings is 1. The fraction of sp³-hybridized carbons (Fsp3) is 0.0714. The third-order valence-corrected chi connectivity index (χ3v) is 3.93. The molecule has 96 valence electrons. The Morgan fingerprint density at radius 1 is 1.26 bits per heavy atom. The zero-order valence-corrected chi connectivity index (χ0v) is 11.1. The van der Waals surface area contributed by atoms with E-state index in [0.717, 1.165) is 0 Å². The van der Waals surface area contributed by atoms with E-state index in [1.54, 1.807) is 31.2 Å². The first-order chi connectivity index (χ1) is 9.03. The predicted octanol–water partition coefficient (Wildman–Crippen LogP) is 2.17. The minimum atomic E-state index is -3.62. The number of aromatic nitrogens is 1. The SMILES string of the molecule is C#Cc1cnc(C)c(NS(=O)(=O)c2ccccc2)c1. The molecule has 0 bridgehead atoms. The summed E-state index contributed by atoms with van der Waals surface area (Å²) in [5, 5.41) is 0. The van der Waals surface area contributed by atoms with Crippen LogP contribution < -0.4 is 4.72 Å². The van der Waals surface area contributed by atoms with Gasteiger partial charge in [-0.1, -0.05) is 24.1 Å². The van der Waals surface area contributed by atoms with E-state index in [2.05, 4.69) is 15.6 Å². The maximum atomic E-state index is 12.2. The van der Waals surface area contributed by atoms with Gasteiger partial charge in [-0.15, -0.1) is 6.42 Å². The number of aryl methyl sites for hydroxylation is 1. The van der Waals surface area contributed by atoms with Crippen molar-refractivity contribution in [3.05, 3.63) is 53.9 Å². The van der Waals surface area contributed by atoms with Crippen LogP contribution in [0.2, 0.25) is 0 Å². The molecule has 4 nitrogen and oxygen atoms in total. The lowest BCUT2D eigenvalue weighted by Crippen LogP contribution is -2.14. The van der Waals surface area contributed by atoms with Gasteiger partial charge in [-0.25, -0.2) is 8.42 Å². The first kappa shape index (κ1) is 13.1. The highest BCUT2D eigenvalue weighted by molar-refractivity contribution is 7.92. The summed E-state index contributed by atoms with van der Waals surface area (Å²) in [5.74, 6) is 2.42. The summed E-state index contributed by atoms with van der Waals surface area (Å²) >= 11 is 0. The molecule has 0 aliphatic rings. The second-order valence-electron chi connectivity index (χ2n) is 3.92.